The van der Waals surface area contributed by atoms with E-state index in [4.69, 9.17) is 16.3 Å². The van der Waals surface area contributed by atoms with Crippen molar-refractivity contribution in [3.63, 3.8) is 0 Å². The van der Waals surface area contributed by atoms with Gasteiger partial charge in [0, 0.05) is 12.1 Å². The van der Waals surface area contributed by atoms with E-state index in [1.807, 2.05) is 31.2 Å². The van der Waals surface area contributed by atoms with Crippen molar-refractivity contribution in [2.75, 3.05) is 12.4 Å². The minimum atomic E-state index is 0.509. The number of hydrogen-bond acceptors (Lipinski definition) is 4. The first-order valence-corrected chi connectivity index (χ1v) is 6.48. The van der Waals surface area contributed by atoms with Gasteiger partial charge in [0.2, 0.25) is 0 Å². The maximum Gasteiger partial charge on any atom is 0.137 e. The van der Waals surface area contributed by atoms with Crippen LogP contribution >= 0.6 is 11.6 Å². The van der Waals surface area contributed by atoms with E-state index in [-0.39, 0.29) is 0 Å². The Labute approximate surface area is 117 Å². The Kier molecular flexibility index (Phi) is 4.58. The van der Waals surface area contributed by atoms with Crippen molar-refractivity contribution in [3.8, 4) is 5.75 Å². The number of ether oxygens (including phenoxy) is 1. The number of anilines is 1. The maximum atomic E-state index is 6.04. The SMILES string of the molecule is CCc1c(Cl)ncnc1NCc1ccc(OC)cc1. The molecule has 0 spiro atoms. The van der Waals surface area contributed by atoms with Crippen molar-refractivity contribution in [2.45, 2.75) is 19.9 Å². The van der Waals surface area contributed by atoms with Gasteiger partial charge in [0.15, 0.2) is 0 Å². The fraction of sp³-hybridized carbons (Fsp3) is 0.286. The topological polar surface area (TPSA) is 47.0 Å². The quantitative estimate of drug-likeness (QED) is 0.852. The predicted molar refractivity (Wildman–Crippen MR) is 76.7 cm³/mol. The van der Waals surface area contributed by atoms with Crippen molar-refractivity contribution in [2.24, 2.45) is 0 Å². The lowest BCUT2D eigenvalue weighted by atomic mass is 10.2. The zero-order chi connectivity index (χ0) is 13.7. The predicted octanol–water partition coefficient (Wildman–Crippen LogP) is 3.31. The lowest BCUT2D eigenvalue weighted by Gasteiger charge is -2.10. The summed E-state index contributed by atoms with van der Waals surface area (Å²) in [5.74, 6) is 1.64. The molecule has 0 saturated carbocycles. The molecule has 0 atom stereocenters. The van der Waals surface area contributed by atoms with Gasteiger partial charge in [0.25, 0.3) is 0 Å². The molecule has 0 fully saturated rings. The molecule has 0 aliphatic rings. The molecule has 19 heavy (non-hydrogen) atoms. The molecule has 4 nitrogen and oxygen atoms in total. The summed E-state index contributed by atoms with van der Waals surface area (Å²) >= 11 is 6.04. The highest BCUT2D eigenvalue weighted by Crippen LogP contribution is 2.21. The molecule has 0 saturated heterocycles. The van der Waals surface area contributed by atoms with Gasteiger partial charge < -0.3 is 10.1 Å². The van der Waals surface area contributed by atoms with E-state index in [1.54, 1.807) is 7.11 Å². The number of hydrogen-bond donors (Lipinski definition) is 1. The molecule has 5 heteroatoms. The van der Waals surface area contributed by atoms with E-state index in [2.05, 4.69) is 15.3 Å². The Morgan fingerprint density at radius 2 is 1.95 bits per heavy atom. The van der Waals surface area contributed by atoms with Gasteiger partial charge in [-0.05, 0) is 24.1 Å². The highest BCUT2D eigenvalue weighted by molar-refractivity contribution is 6.30. The van der Waals surface area contributed by atoms with Crippen LogP contribution in [0.3, 0.4) is 0 Å². The minimum Gasteiger partial charge on any atom is -0.497 e. The Morgan fingerprint density at radius 1 is 1.21 bits per heavy atom. The van der Waals surface area contributed by atoms with E-state index >= 15 is 0 Å². The standard InChI is InChI=1S/C14H16ClN3O/c1-3-12-13(15)17-9-18-14(12)16-8-10-4-6-11(19-2)7-5-10/h4-7,9H,3,8H2,1-2H3,(H,16,17,18). The van der Waals surface area contributed by atoms with Crippen LogP contribution in [0, 0.1) is 0 Å². The molecule has 1 aromatic heterocycles. The van der Waals surface area contributed by atoms with Crippen LogP contribution < -0.4 is 10.1 Å². The third-order valence-corrected chi connectivity index (χ3v) is 3.19. The zero-order valence-electron chi connectivity index (χ0n) is 11.0. The average Bonchev–Trinajstić information content (AvgIpc) is 2.45. The fourth-order valence-corrected chi connectivity index (χ4v) is 2.05. The van der Waals surface area contributed by atoms with Gasteiger partial charge in [-0.15, -0.1) is 0 Å². The van der Waals surface area contributed by atoms with Crippen LogP contribution in [0.1, 0.15) is 18.1 Å². The van der Waals surface area contributed by atoms with E-state index in [0.717, 1.165) is 29.1 Å². The summed E-state index contributed by atoms with van der Waals surface area (Å²) in [5.41, 5.74) is 2.09. The van der Waals surface area contributed by atoms with Gasteiger partial charge in [-0.3, -0.25) is 0 Å². The summed E-state index contributed by atoms with van der Waals surface area (Å²) in [6, 6.07) is 7.90. The molecule has 2 rings (SSSR count). The van der Waals surface area contributed by atoms with Crippen molar-refractivity contribution in [1.82, 2.24) is 9.97 Å². The molecular weight excluding hydrogens is 262 g/mol. The smallest absolute Gasteiger partial charge is 0.137 e. The van der Waals surface area contributed by atoms with E-state index in [9.17, 15) is 0 Å². The largest absolute Gasteiger partial charge is 0.497 e. The van der Waals surface area contributed by atoms with Gasteiger partial charge >= 0.3 is 0 Å². The van der Waals surface area contributed by atoms with E-state index in [1.165, 1.54) is 6.33 Å². The molecule has 0 unspecified atom stereocenters. The van der Waals surface area contributed by atoms with Gasteiger partial charge in [0.05, 0.1) is 7.11 Å². The highest BCUT2D eigenvalue weighted by Gasteiger charge is 2.07. The third kappa shape index (κ3) is 3.35. The fourth-order valence-electron chi connectivity index (χ4n) is 1.79. The second-order valence-corrected chi connectivity index (χ2v) is 4.40. The van der Waals surface area contributed by atoms with Crippen LogP contribution in [-0.2, 0) is 13.0 Å². The summed E-state index contributed by atoms with van der Waals surface area (Å²) in [7, 11) is 1.66. The second-order valence-electron chi connectivity index (χ2n) is 4.05. The average molecular weight is 278 g/mol. The number of aromatic nitrogens is 2. The molecular formula is C14H16ClN3O. The molecule has 1 aromatic carbocycles. The molecule has 0 amide bonds. The molecule has 0 aliphatic heterocycles. The van der Waals surface area contributed by atoms with Crippen LogP contribution in [0.2, 0.25) is 5.15 Å². The van der Waals surface area contributed by atoms with Gasteiger partial charge in [0.1, 0.15) is 23.0 Å². The molecule has 2 aromatic rings. The second kappa shape index (κ2) is 6.38. The summed E-state index contributed by atoms with van der Waals surface area (Å²) in [6.45, 7) is 2.72. The molecule has 1 heterocycles. The first kappa shape index (κ1) is 13.6. The normalized spacial score (nSPS) is 10.3. The molecule has 0 bridgehead atoms. The number of methoxy groups -OCH3 is 1. The summed E-state index contributed by atoms with van der Waals surface area (Å²) in [6.07, 6.45) is 2.27. The van der Waals surface area contributed by atoms with Crippen molar-refractivity contribution >= 4 is 17.4 Å². The van der Waals surface area contributed by atoms with Crippen LogP contribution in [0.5, 0.6) is 5.75 Å². The molecule has 1 N–H and O–H groups in total. The highest BCUT2D eigenvalue weighted by atomic mass is 35.5. The summed E-state index contributed by atoms with van der Waals surface area (Å²) < 4.78 is 5.13. The number of benzene rings is 1. The van der Waals surface area contributed by atoms with Crippen LogP contribution in [-0.4, -0.2) is 17.1 Å². The Morgan fingerprint density at radius 3 is 2.58 bits per heavy atom. The van der Waals surface area contributed by atoms with Crippen LogP contribution in [0.4, 0.5) is 5.82 Å². The van der Waals surface area contributed by atoms with Crippen LogP contribution in [0.25, 0.3) is 0 Å². The van der Waals surface area contributed by atoms with Crippen LogP contribution in [0.15, 0.2) is 30.6 Å². The Balaban J connectivity index is 2.07. The zero-order valence-corrected chi connectivity index (χ0v) is 11.7. The number of nitrogens with one attached hydrogen (secondary N) is 1. The van der Waals surface area contributed by atoms with Gasteiger partial charge in [-0.1, -0.05) is 30.7 Å². The minimum absolute atomic E-state index is 0.509. The number of rotatable bonds is 5. The molecule has 0 radical (unpaired) electrons. The van der Waals surface area contributed by atoms with E-state index < -0.39 is 0 Å². The first-order chi connectivity index (χ1) is 9.24. The maximum absolute atomic E-state index is 6.04. The van der Waals surface area contributed by atoms with Gasteiger partial charge in [-0.25, -0.2) is 9.97 Å². The Bertz CT molecular complexity index is 543. The first-order valence-electron chi connectivity index (χ1n) is 6.10. The van der Waals surface area contributed by atoms with Crippen molar-refractivity contribution in [1.29, 1.82) is 0 Å². The Hall–Kier alpha value is -1.81. The van der Waals surface area contributed by atoms with Gasteiger partial charge in [-0.2, -0.15) is 0 Å². The van der Waals surface area contributed by atoms with E-state index in [0.29, 0.717) is 11.7 Å². The lowest BCUT2D eigenvalue weighted by molar-refractivity contribution is 0.414. The third-order valence-electron chi connectivity index (χ3n) is 2.87. The number of nitrogens with zero attached hydrogens (tertiary/aromatic N) is 2. The van der Waals surface area contributed by atoms with Crippen molar-refractivity contribution in [3.05, 3.63) is 46.9 Å². The molecule has 100 valence electrons. The molecule has 0 aliphatic carbocycles. The lowest BCUT2D eigenvalue weighted by Crippen LogP contribution is -2.05. The summed E-state index contributed by atoms with van der Waals surface area (Å²) in [5, 5.41) is 3.79. The van der Waals surface area contributed by atoms with Crippen molar-refractivity contribution < 1.29 is 4.74 Å². The number of halogens is 1. The summed E-state index contributed by atoms with van der Waals surface area (Å²) in [4.78, 5) is 8.21. The monoisotopic (exact) mass is 277 g/mol.